The Hall–Kier alpha value is -0.860. The lowest BCUT2D eigenvalue weighted by Crippen LogP contribution is -2.41. The van der Waals surface area contributed by atoms with Gasteiger partial charge in [0.15, 0.2) is 0 Å². The third-order valence-corrected chi connectivity index (χ3v) is 4.98. The lowest BCUT2D eigenvalue weighted by molar-refractivity contribution is 0.00412. The summed E-state index contributed by atoms with van der Waals surface area (Å²) in [7, 11) is 0. The smallest absolute Gasteiger partial charge is 0.0981 e. The Morgan fingerprint density at radius 2 is 1.89 bits per heavy atom. The van der Waals surface area contributed by atoms with E-state index < -0.39 is 0 Å². The van der Waals surface area contributed by atoms with Crippen LogP contribution in [0.1, 0.15) is 49.8 Å². The predicted molar refractivity (Wildman–Crippen MR) is 77.9 cm³/mol. The fraction of sp³-hybridized carbons (Fsp3) is 0.647. The summed E-state index contributed by atoms with van der Waals surface area (Å²) in [6.07, 6.45) is 6.33. The summed E-state index contributed by atoms with van der Waals surface area (Å²) in [4.78, 5) is 0. The maximum absolute atomic E-state index is 6.56. The molecule has 2 atom stereocenters. The summed E-state index contributed by atoms with van der Waals surface area (Å²) >= 11 is 0. The molecule has 2 aliphatic rings. The van der Waals surface area contributed by atoms with Gasteiger partial charge in [-0.3, -0.25) is 0 Å². The molecule has 2 nitrogen and oxygen atoms in total. The van der Waals surface area contributed by atoms with Gasteiger partial charge in [-0.05, 0) is 42.2 Å². The van der Waals surface area contributed by atoms with E-state index in [1.165, 1.54) is 36.8 Å². The lowest BCUT2D eigenvalue weighted by Gasteiger charge is -2.37. The zero-order valence-electron chi connectivity index (χ0n) is 11.8. The molecule has 0 spiro atoms. The maximum Gasteiger partial charge on any atom is 0.0981 e. The molecule has 2 N–H and O–H groups in total. The van der Waals surface area contributed by atoms with Crippen molar-refractivity contribution >= 4 is 0 Å². The second kappa shape index (κ2) is 5.64. The predicted octanol–water partition coefficient (Wildman–Crippen LogP) is 3.45. The van der Waals surface area contributed by atoms with Gasteiger partial charge in [-0.2, -0.15) is 0 Å². The average molecular weight is 259 g/mol. The number of rotatable bonds is 2. The Labute approximate surface area is 116 Å². The van der Waals surface area contributed by atoms with Crippen LogP contribution in [0.15, 0.2) is 24.3 Å². The molecule has 1 aromatic carbocycles. The van der Waals surface area contributed by atoms with E-state index in [1.807, 2.05) is 0 Å². The molecule has 0 amide bonds. The number of hydrogen-bond acceptors (Lipinski definition) is 2. The highest BCUT2D eigenvalue weighted by Crippen LogP contribution is 2.37. The quantitative estimate of drug-likeness (QED) is 0.883. The molecule has 2 heteroatoms. The molecule has 1 saturated carbocycles. The lowest BCUT2D eigenvalue weighted by atomic mass is 9.76. The third-order valence-electron chi connectivity index (χ3n) is 4.98. The number of benzene rings is 1. The molecular formula is C17H25NO. The fourth-order valence-electron chi connectivity index (χ4n) is 3.66. The van der Waals surface area contributed by atoms with Gasteiger partial charge in [0.1, 0.15) is 0 Å². The van der Waals surface area contributed by atoms with Crippen molar-refractivity contribution in [3.05, 3.63) is 35.4 Å². The van der Waals surface area contributed by atoms with Crippen molar-refractivity contribution in [3.8, 4) is 0 Å². The van der Waals surface area contributed by atoms with Crippen LogP contribution in [0.2, 0.25) is 0 Å². The van der Waals surface area contributed by atoms with E-state index in [9.17, 15) is 0 Å². The van der Waals surface area contributed by atoms with Crippen molar-refractivity contribution in [2.24, 2.45) is 17.6 Å². The van der Waals surface area contributed by atoms with Gasteiger partial charge in [0, 0.05) is 6.04 Å². The summed E-state index contributed by atoms with van der Waals surface area (Å²) < 4.78 is 6.02. The van der Waals surface area contributed by atoms with Gasteiger partial charge in [-0.25, -0.2) is 0 Å². The summed E-state index contributed by atoms with van der Waals surface area (Å²) in [6.45, 7) is 3.17. The fourth-order valence-corrected chi connectivity index (χ4v) is 3.66. The topological polar surface area (TPSA) is 35.2 Å². The zero-order chi connectivity index (χ0) is 13.2. The maximum atomic E-state index is 6.56. The first-order valence-corrected chi connectivity index (χ1v) is 7.70. The first-order valence-electron chi connectivity index (χ1n) is 7.70. The summed E-state index contributed by atoms with van der Waals surface area (Å²) in [5.41, 5.74) is 9.32. The molecule has 104 valence electrons. The van der Waals surface area contributed by atoms with Crippen molar-refractivity contribution in [2.75, 3.05) is 6.61 Å². The van der Waals surface area contributed by atoms with Crippen molar-refractivity contribution in [1.82, 2.24) is 0 Å². The van der Waals surface area contributed by atoms with E-state index in [2.05, 4.69) is 31.2 Å². The minimum absolute atomic E-state index is 0.114. The molecule has 0 aromatic heterocycles. The van der Waals surface area contributed by atoms with E-state index >= 15 is 0 Å². The molecule has 1 heterocycles. The van der Waals surface area contributed by atoms with Crippen molar-refractivity contribution in [2.45, 2.75) is 51.2 Å². The van der Waals surface area contributed by atoms with Crippen molar-refractivity contribution < 1.29 is 4.74 Å². The van der Waals surface area contributed by atoms with Crippen molar-refractivity contribution in [1.29, 1.82) is 0 Å². The normalized spacial score (nSPS) is 32.6. The number of ether oxygens (including phenoxy) is 1. The molecule has 1 aromatic rings. The highest BCUT2D eigenvalue weighted by Gasteiger charge is 2.33. The van der Waals surface area contributed by atoms with Gasteiger partial charge in [0.25, 0.3) is 0 Å². The van der Waals surface area contributed by atoms with Gasteiger partial charge in [0.05, 0.1) is 12.7 Å². The number of hydrogen-bond donors (Lipinski definition) is 1. The molecule has 0 saturated heterocycles. The van der Waals surface area contributed by atoms with Crippen LogP contribution in [0.3, 0.4) is 0 Å². The van der Waals surface area contributed by atoms with Gasteiger partial charge in [-0.15, -0.1) is 0 Å². The van der Waals surface area contributed by atoms with E-state index in [-0.39, 0.29) is 12.1 Å². The van der Waals surface area contributed by atoms with Crippen LogP contribution < -0.4 is 5.73 Å². The molecule has 2 unspecified atom stereocenters. The van der Waals surface area contributed by atoms with Crippen LogP contribution in [0.5, 0.6) is 0 Å². The van der Waals surface area contributed by atoms with Crippen LogP contribution in [-0.4, -0.2) is 12.6 Å². The second-order valence-corrected chi connectivity index (χ2v) is 6.34. The molecule has 3 rings (SSSR count). The zero-order valence-corrected chi connectivity index (χ0v) is 11.8. The van der Waals surface area contributed by atoms with Gasteiger partial charge >= 0.3 is 0 Å². The Morgan fingerprint density at radius 3 is 2.68 bits per heavy atom. The Kier molecular flexibility index (Phi) is 3.90. The Bertz CT molecular complexity index is 423. The van der Waals surface area contributed by atoms with E-state index in [0.717, 1.165) is 18.9 Å². The van der Waals surface area contributed by atoms with Crippen LogP contribution in [-0.2, 0) is 11.2 Å². The van der Waals surface area contributed by atoms with Crippen LogP contribution >= 0.6 is 0 Å². The van der Waals surface area contributed by atoms with E-state index in [4.69, 9.17) is 10.5 Å². The van der Waals surface area contributed by atoms with Gasteiger partial charge in [-0.1, -0.05) is 44.0 Å². The van der Waals surface area contributed by atoms with Gasteiger partial charge < -0.3 is 10.5 Å². The first-order chi connectivity index (χ1) is 9.25. The number of nitrogens with two attached hydrogens (primary N) is 1. The SMILES string of the molecule is CC1CCC(C(N)C2OCCc3ccccc32)CC1. The highest BCUT2D eigenvalue weighted by molar-refractivity contribution is 5.32. The molecular weight excluding hydrogens is 234 g/mol. The minimum Gasteiger partial charge on any atom is -0.372 e. The Morgan fingerprint density at radius 1 is 1.16 bits per heavy atom. The van der Waals surface area contributed by atoms with E-state index in [1.54, 1.807) is 0 Å². The highest BCUT2D eigenvalue weighted by atomic mass is 16.5. The van der Waals surface area contributed by atoms with Crippen LogP contribution in [0.4, 0.5) is 0 Å². The molecule has 0 bridgehead atoms. The average Bonchev–Trinajstić information content (AvgIpc) is 2.47. The molecule has 1 aliphatic heterocycles. The van der Waals surface area contributed by atoms with Crippen LogP contribution in [0.25, 0.3) is 0 Å². The second-order valence-electron chi connectivity index (χ2n) is 6.34. The van der Waals surface area contributed by atoms with Gasteiger partial charge in [0.2, 0.25) is 0 Å². The first kappa shape index (κ1) is 13.1. The molecule has 19 heavy (non-hydrogen) atoms. The largest absolute Gasteiger partial charge is 0.372 e. The van der Waals surface area contributed by atoms with Crippen molar-refractivity contribution in [3.63, 3.8) is 0 Å². The van der Waals surface area contributed by atoms with Crippen LogP contribution in [0, 0.1) is 11.8 Å². The molecule has 1 aliphatic carbocycles. The minimum atomic E-state index is 0.114. The van der Waals surface area contributed by atoms with E-state index in [0.29, 0.717) is 5.92 Å². The summed E-state index contributed by atoms with van der Waals surface area (Å²) in [6, 6.07) is 8.81. The molecule has 0 radical (unpaired) electrons. The Balaban J connectivity index is 1.75. The molecule has 1 fully saturated rings. The number of fused-ring (bicyclic) bond motifs is 1. The standard InChI is InChI=1S/C17H25NO/c1-12-6-8-14(9-7-12)16(18)17-15-5-3-2-4-13(15)10-11-19-17/h2-5,12,14,16-17H,6-11,18H2,1H3. The third kappa shape index (κ3) is 2.70. The summed E-state index contributed by atoms with van der Waals surface area (Å²) in [5.74, 6) is 1.51. The monoisotopic (exact) mass is 259 g/mol. The summed E-state index contributed by atoms with van der Waals surface area (Å²) in [5, 5.41) is 0.